The number of nitrogens with zero attached hydrogens (tertiary/aromatic N) is 2. The normalized spacial score (nSPS) is 11.0. The summed E-state index contributed by atoms with van der Waals surface area (Å²) in [5, 5.41) is 24.8. The number of carbonyl (C=O) groups excluding carboxylic acids is 1. The molecular formula is C26H20IN3O7S. The Morgan fingerprint density at radius 2 is 1.97 bits per heavy atom. The van der Waals surface area contributed by atoms with Crippen LogP contribution >= 0.6 is 33.9 Å². The number of hydrogen-bond donors (Lipinski definition) is 2. The summed E-state index contributed by atoms with van der Waals surface area (Å²) in [4.78, 5) is 34.7. The van der Waals surface area contributed by atoms with Gasteiger partial charge in [-0.2, -0.15) is 5.10 Å². The van der Waals surface area contributed by atoms with Crippen LogP contribution < -0.4 is 14.9 Å². The van der Waals surface area contributed by atoms with Gasteiger partial charge >= 0.3 is 5.97 Å². The maximum absolute atomic E-state index is 12.6. The van der Waals surface area contributed by atoms with Crippen LogP contribution in [0.4, 0.5) is 5.69 Å². The number of non-ortho nitro benzene ring substituents is 1. The average Bonchev–Trinajstić information content (AvgIpc) is 3.32. The number of aromatic carboxylic acids is 1. The fourth-order valence-corrected chi connectivity index (χ4v) is 5.21. The average molecular weight is 645 g/mol. The second kappa shape index (κ2) is 12.0. The SMILES string of the molecule is CCOc1cc(/C=N\NC(=O)c2cc3cc([N+](=O)[O-])ccc3s2)cc(I)c1OCc1cccc(C(=O)O)c1. The summed E-state index contributed by atoms with van der Waals surface area (Å²) in [5.41, 5.74) is 3.97. The largest absolute Gasteiger partial charge is 0.490 e. The molecule has 3 aromatic carbocycles. The third kappa shape index (κ3) is 6.44. The lowest BCUT2D eigenvalue weighted by molar-refractivity contribution is -0.384. The van der Waals surface area contributed by atoms with Crippen molar-refractivity contribution in [1.29, 1.82) is 0 Å². The summed E-state index contributed by atoms with van der Waals surface area (Å²) < 4.78 is 13.2. The monoisotopic (exact) mass is 645 g/mol. The number of amides is 1. The predicted octanol–water partition coefficient (Wildman–Crippen LogP) is 5.85. The van der Waals surface area contributed by atoms with Gasteiger partial charge < -0.3 is 14.6 Å². The first-order valence-electron chi connectivity index (χ1n) is 11.2. The van der Waals surface area contributed by atoms with Crippen LogP contribution in [0.1, 0.15) is 38.1 Å². The Balaban J connectivity index is 1.46. The maximum atomic E-state index is 12.6. The number of hydrogen-bond acceptors (Lipinski definition) is 8. The highest BCUT2D eigenvalue weighted by Crippen LogP contribution is 2.35. The number of fused-ring (bicyclic) bond motifs is 1. The standard InChI is InChI=1S/C26H20IN3O7S/c1-2-36-21-10-16(9-20(27)24(21)37-14-15-4-3-5-17(8-15)26(32)33)13-28-29-25(31)23-12-18-11-19(30(34)35)6-7-22(18)38-23/h3-13H,2,14H2,1H3,(H,29,31)(H,32,33)/b28-13-. The van der Waals surface area contributed by atoms with Gasteiger partial charge in [-0.05, 0) is 77.0 Å². The van der Waals surface area contributed by atoms with Crippen LogP contribution in [0.5, 0.6) is 11.5 Å². The van der Waals surface area contributed by atoms with Crippen LogP contribution in [-0.4, -0.2) is 34.7 Å². The van der Waals surface area contributed by atoms with Crippen LogP contribution in [0.3, 0.4) is 0 Å². The number of rotatable bonds is 10. The van der Waals surface area contributed by atoms with E-state index in [0.29, 0.717) is 39.5 Å². The summed E-state index contributed by atoms with van der Waals surface area (Å²) in [6.45, 7) is 2.38. The smallest absolute Gasteiger partial charge is 0.335 e. The quantitative estimate of drug-likeness (QED) is 0.0954. The molecule has 12 heteroatoms. The molecule has 1 amide bonds. The highest BCUT2D eigenvalue weighted by molar-refractivity contribution is 14.1. The van der Waals surface area contributed by atoms with Crippen molar-refractivity contribution >= 4 is 67.8 Å². The summed E-state index contributed by atoms with van der Waals surface area (Å²) >= 11 is 3.32. The second-order valence-corrected chi connectivity index (χ2v) is 10.1. The van der Waals surface area contributed by atoms with Crippen molar-refractivity contribution in [2.75, 3.05) is 6.61 Å². The molecule has 4 aromatic rings. The van der Waals surface area contributed by atoms with Crippen molar-refractivity contribution in [3.05, 3.63) is 95.9 Å². The Bertz CT molecular complexity index is 1570. The van der Waals surface area contributed by atoms with Gasteiger partial charge in [0.25, 0.3) is 11.6 Å². The Morgan fingerprint density at radius 3 is 2.71 bits per heavy atom. The van der Waals surface area contributed by atoms with E-state index < -0.39 is 16.8 Å². The Labute approximate surface area is 234 Å². The number of carboxylic acids is 1. The molecule has 0 spiro atoms. The zero-order chi connectivity index (χ0) is 27.2. The number of ether oxygens (including phenoxy) is 2. The number of benzene rings is 3. The molecule has 0 saturated carbocycles. The van der Waals surface area contributed by atoms with Gasteiger partial charge in [-0.25, -0.2) is 10.2 Å². The fourth-order valence-electron chi connectivity index (χ4n) is 3.49. The molecule has 0 fully saturated rings. The van der Waals surface area contributed by atoms with Crippen molar-refractivity contribution in [1.82, 2.24) is 5.43 Å². The molecule has 0 radical (unpaired) electrons. The topological polar surface area (TPSA) is 140 Å². The van der Waals surface area contributed by atoms with Crippen molar-refractivity contribution < 1.29 is 29.1 Å². The number of thiophene rings is 1. The molecule has 194 valence electrons. The number of hydrazone groups is 1. The van der Waals surface area contributed by atoms with Crippen molar-refractivity contribution in [2.24, 2.45) is 5.10 Å². The highest BCUT2D eigenvalue weighted by Gasteiger charge is 2.15. The van der Waals surface area contributed by atoms with Crippen LogP contribution in [-0.2, 0) is 6.61 Å². The van der Waals surface area contributed by atoms with E-state index in [4.69, 9.17) is 9.47 Å². The molecule has 0 unspecified atom stereocenters. The molecule has 2 N–H and O–H groups in total. The molecule has 0 bridgehead atoms. The number of nitro groups is 1. The van der Waals surface area contributed by atoms with E-state index in [0.717, 1.165) is 8.27 Å². The van der Waals surface area contributed by atoms with Crippen LogP contribution in [0.2, 0.25) is 0 Å². The molecule has 1 aromatic heterocycles. The Kier molecular flexibility index (Phi) is 8.53. The molecular weight excluding hydrogens is 625 g/mol. The van der Waals surface area contributed by atoms with Gasteiger partial charge in [0.05, 0.1) is 31.8 Å². The van der Waals surface area contributed by atoms with Gasteiger partial charge in [-0.15, -0.1) is 11.3 Å². The molecule has 0 aliphatic rings. The first-order valence-corrected chi connectivity index (χ1v) is 13.1. The minimum Gasteiger partial charge on any atom is -0.490 e. The van der Waals surface area contributed by atoms with E-state index in [1.54, 1.807) is 42.5 Å². The molecule has 38 heavy (non-hydrogen) atoms. The molecule has 0 aliphatic heterocycles. The number of carboxylic acid groups (broad SMARTS) is 1. The second-order valence-electron chi connectivity index (χ2n) is 7.85. The summed E-state index contributed by atoms with van der Waals surface area (Å²) in [6, 6.07) is 16.1. The van der Waals surface area contributed by atoms with Crippen molar-refractivity contribution in [3.8, 4) is 11.5 Å². The van der Waals surface area contributed by atoms with Gasteiger partial charge in [-0.1, -0.05) is 12.1 Å². The number of halogens is 1. The van der Waals surface area contributed by atoms with Crippen LogP contribution in [0.15, 0.2) is 65.8 Å². The zero-order valence-electron chi connectivity index (χ0n) is 19.8. The summed E-state index contributed by atoms with van der Waals surface area (Å²) in [6.07, 6.45) is 1.47. The molecule has 0 atom stereocenters. The zero-order valence-corrected chi connectivity index (χ0v) is 22.8. The number of nitro benzene ring substituents is 1. The molecule has 10 nitrogen and oxygen atoms in total. The molecule has 0 saturated heterocycles. The van der Waals surface area contributed by atoms with Crippen LogP contribution in [0.25, 0.3) is 10.1 Å². The minimum absolute atomic E-state index is 0.0406. The van der Waals surface area contributed by atoms with Gasteiger partial charge in [0.2, 0.25) is 0 Å². The third-order valence-electron chi connectivity index (χ3n) is 5.20. The lowest BCUT2D eigenvalue weighted by atomic mass is 10.1. The first kappa shape index (κ1) is 27.0. The van der Waals surface area contributed by atoms with E-state index in [-0.39, 0.29) is 17.9 Å². The van der Waals surface area contributed by atoms with Gasteiger partial charge in [0.1, 0.15) is 6.61 Å². The van der Waals surface area contributed by atoms with Gasteiger partial charge in [0.15, 0.2) is 11.5 Å². The third-order valence-corrected chi connectivity index (χ3v) is 7.12. The first-order chi connectivity index (χ1) is 18.2. The van der Waals surface area contributed by atoms with E-state index in [9.17, 15) is 24.8 Å². The Hall–Kier alpha value is -4.04. The van der Waals surface area contributed by atoms with E-state index in [2.05, 4.69) is 33.1 Å². The van der Waals surface area contributed by atoms with Gasteiger partial charge in [0, 0.05) is 22.2 Å². The molecule has 4 rings (SSSR count). The maximum Gasteiger partial charge on any atom is 0.335 e. The fraction of sp³-hybridized carbons (Fsp3) is 0.115. The predicted molar refractivity (Wildman–Crippen MR) is 152 cm³/mol. The van der Waals surface area contributed by atoms with E-state index in [1.807, 2.05) is 6.92 Å². The van der Waals surface area contributed by atoms with Gasteiger partial charge in [-0.3, -0.25) is 14.9 Å². The van der Waals surface area contributed by atoms with Crippen molar-refractivity contribution in [2.45, 2.75) is 13.5 Å². The minimum atomic E-state index is -1.01. The Morgan fingerprint density at radius 1 is 1.16 bits per heavy atom. The number of nitrogens with one attached hydrogen (secondary N) is 1. The molecule has 0 aliphatic carbocycles. The lowest BCUT2D eigenvalue weighted by Crippen LogP contribution is -2.16. The summed E-state index contributed by atoms with van der Waals surface area (Å²) in [5.74, 6) is -0.460. The lowest BCUT2D eigenvalue weighted by Gasteiger charge is -2.15. The van der Waals surface area contributed by atoms with E-state index in [1.165, 1.54) is 35.8 Å². The summed E-state index contributed by atoms with van der Waals surface area (Å²) in [7, 11) is 0. The number of carbonyl (C=O) groups is 2. The van der Waals surface area contributed by atoms with E-state index >= 15 is 0 Å². The van der Waals surface area contributed by atoms with Crippen LogP contribution in [0, 0.1) is 13.7 Å². The van der Waals surface area contributed by atoms with Crippen molar-refractivity contribution in [3.63, 3.8) is 0 Å². The highest BCUT2D eigenvalue weighted by atomic mass is 127. The molecule has 1 heterocycles.